The van der Waals surface area contributed by atoms with Gasteiger partial charge in [0.25, 0.3) is 0 Å². The summed E-state index contributed by atoms with van der Waals surface area (Å²) in [5.74, 6) is -0.656. The van der Waals surface area contributed by atoms with Gasteiger partial charge >= 0.3 is 12.2 Å². The summed E-state index contributed by atoms with van der Waals surface area (Å²) in [7, 11) is 0. The van der Waals surface area contributed by atoms with Gasteiger partial charge in [0.15, 0.2) is 0 Å². The first kappa shape index (κ1) is 9.32. The fourth-order valence-corrected chi connectivity index (χ4v) is 0.459. The van der Waals surface area contributed by atoms with E-state index in [0.29, 0.717) is 6.21 Å². The Bertz CT molecular complexity index is 184. The van der Waals surface area contributed by atoms with Gasteiger partial charge in [0, 0.05) is 0 Å². The molecule has 0 fully saturated rings. The van der Waals surface area contributed by atoms with Crippen molar-refractivity contribution in [2.45, 2.75) is 0 Å². The van der Waals surface area contributed by atoms with E-state index in [1.165, 1.54) is 0 Å². The molecule has 0 saturated heterocycles. The van der Waals surface area contributed by atoms with Gasteiger partial charge < -0.3 is 10.3 Å². The van der Waals surface area contributed by atoms with Gasteiger partial charge in [-0.2, -0.15) is 4.79 Å². The second-order valence-electron chi connectivity index (χ2n) is 1.24. The van der Waals surface area contributed by atoms with E-state index in [9.17, 15) is 4.79 Å². The second-order valence-corrected chi connectivity index (χ2v) is 1.96. The zero-order chi connectivity index (χ0) is 7.82. The van der Waals surface area contributed by atoms with E-state index in [2.05, 4.69) is 9.53 Å². The maximum absolute atomic E-state index is 10.4. The number of rotatable bonds is 3. The molecule has 0 amide bonds. The lowest BCUT2D eigenvalue weighted by Gasteiger charge is -1.89. The maximum Gasteiger partial charge on any atom is 0.413 e. The van der Waals surface area contributed by atoms with Gasteiger partial charge in [0.2, 0.25) is 0 Å². The van der Waals surface area contributed by atoms with Gasteiger partial charge in [-0.15, -0.1) is 0 Å². The molecule has 0 atom stereocenters. The SMILES string of the molecule is [N-]=[N+]=CC(=O)OCC=CI. The Kier molecular flexibility index (Phi) is 6.00. The number of hydrogen-bond donors (Lipinski definition) is 0. The molecule has 0 aliphatic carbocycles. The first-order valence-corrected chi connectivity index (χ1v) is 3.65. The van der Waals surface area contributed by atoms with Gasteiger partial charge in [-0.25, -0.2) is 4.79 Å². The largest absolute Gasteiger partial charge is 0.453 e. The fraction of sp³-hybridized carbons (Fsp3) is 0.200. The Morgan fingerprint density at radius 1 is 1.80 bits per heavy atom. The van der Waals surface area contributed by atoms with Crippen molar-refractivity contribution in [3.63, 3.8) is 0 Å². The molecule has 0 N–H and O–H groups in total. The highest BCUT2D eigenvalue weighted by molar-refractivity contribution is 14.1. The van der Waals surface area contributed by atoms with Crippen LogP contribution in [0.2, 0.25) is 0 Å². The van der Waals surface area contributed by atoms with Crippen molar-refractivity contribution in [3.05, 3.63) is 15.7 Å². The zero-order valence-electron chi connectivity index (χ0n) is 5.03. The summed E-state index contributed by atoms with van der Waals surface area (Å²) in [6.07, 6.45) is 2.35. The van der Waals surface area contributed by atoms with E-state index >= 15 is 0 Å². The molecule has 0 aliphatic rings. The highest BCUT2D eigenvalue weighted by atomic mass is 127. The highest BCUT2D eigenvalue weighted by Gasteiger charge is 1.98. The molecule has 0 radical (unpaired) electrons. The molecule has 0 saturated carbocycles. The first-order valence-electron chi connectivity index (χ1n) is 2.40. The molecule has 0 rings (SSSR count). The van der Waals surface area contributed by atoms with Crippen LogP contribution in [0.25, 0.3) is 5.53 Å². The zero-order valence-corrected chi connectivity index (χ0v) is 7.19. The molecule has 10 heavy (non-hydrogen) atoms. The molecule has 0 unspecified atom stereocenters. The Hall–Kier alpha value is -0.680. The molecule has 4 nitrogen and oxygen atoms in total. The lowest BCUT2D eigenvalue weighted by atomic mass is 10.7. The van der Waals surface area contributed by atoms with Crippen molar-refractivity contribution in [1.29, 1.82) is 0 Å². The van der Waals surface area contributed by atoms with Crippen molar-refractivity contribution < 1.29 is 14.3 Å². The van der Waals surface area contributed by atoms with Crippen LogP contribution in [0.4, 0.5) is 0 Å². The van der Waals surface area contributed by atoms with E-state index in [0.717, 1.165) is 0 Å². The van der Waals surface area contributed by atoms with Crippen LogP contribution in [-0.2, 0) is 9.53 Å². The molecule has 0 heterocycles. The van der Waals surface area contributed by atoms with Crippen LogP contribution in [0.15, 0.2) is 10.2 Å². The molecule has 0 bridgehead atoms. The Morgan fingerprint density at radius 2 is 2.50 bits per heavy atom. The number of carbonyl (C=O) groups excluding carboxylic acids is 1. The second kappa shape index (κ2) is 6.44. The summed E-state index contributed by atoms with van der Waals surface area (Å²) in [6.45, 7) is 0.202. The van der Waals surface area contributed by atoms with Crippen molar-refractivity contribution in [3.8, 4) is 0 Å². The maximum atomic E-state index is 10.4. The molecule has 0 aliphatic heterocycles. The van der Waals surface area contributed by atoms with Gasteiger partial charge in [-0.1, -0.05) is 22.6 Å². The van der Waals surface area contributed by atoms with E-state index in [4.69, 9.17) is 5.53 Å². The average molecular weight is 252 g/mol. The van der Waals surface area contributed by atoms with Crippen LogP contribution in [0.5, 0.6) is 0 Å². The van der Waals surface area contributed by atoms with Crippen molar-refractivity contribution in [2.24, 2.45) is 0 Å². The predicted molar refractivity (Wildman–Crippen MR) is 43.8 cm³/mol. The fourth-order valence-electron chi connectivity index (χ4n) is 0.251. The van der Waals surface area contributed by atoms with E-state index < -0.39 is 5.97 Å². The van der Waals surface area contributed by atoms with Crippen LogP contribution in [-0.4, -0.2) is 23.6 Å². The summed E-state index contributed by atoms with van der Waals surface area (Å²) >= 11 is 2.00. The van der Waals surface area contributed by atoms with Crippen molar-refractivity contribution >= 4 is 34.8 Å². The number of nitrogens with zero attached hydrogens (tertiary/aromatic N) is 2. The van der Waals surface area contributed by atoms with Crippen LogP contribution in [0.1, 0.15) is 0 Å². The van der Waals surface area contributed by atoms with Crippen LogP contribution in [0.3, 0.4) is 0 Å². The van der Waals surface area contributed by atoms with Crippen LogP contribution >= 0.6 is 22.6 Å². The smallest absolute Gasteiger partial charge is 0.413 e. The molecule has 0 spiro atoms. The number of halogens is 1. The molecular weight excluding hydrogens is 247 g/mol. The summed E-state index contributed by atoms with van der Waals surface area (Å²) in [5, 5.41) is 0. The van der Waals surface area contributed by atoms with E-state index in [-0.39, 0.29) is 6.61 Å². The predicted octanol–water partition coefficient (Wildman–Crippen LogP) is 0.779. The van der Waals surface area contributed by atoms with Gasteiger partial charge in [-0.05, 0) is 10.2 Å². The Morgan fingerprint density at radius 3 is 3.00 bits per heavy atom. The molecule has 5 heteroatoms. The molecule has 0 aromatic heterocycles. The standard InChI is InChI=1S/C5H5IN2O2/c6-2-1-3-10-5(9)4-8-7/h1-2,4H,3H2. The summed E-state index contributed by atoms with van der Waals surface area (Å²) in [4.78, 5) is 12.8. The number of ether oxygens (including phenoxy) is 1. The van der Waals surface area contributed by atoms with Crippen LogP contribution < -0.4 is 0 Å². The highest BCUT2D eigenvalue weighted by Crippen LogP contribution is 1.84. The minimum absolute atomic E-state index is 0.202. The van der Waals surface area contributed by atoms with Gasteiger partial charge in [0.1, 0.15) is 6.61 Å². The minimum atomic E-state index is -0.656. The lowest BCUT2D eigenvalue weighted by Crippen LogP contribution is -2.05. The number of hydrogen-bond acceptors (Lipinski definition) is 2. The van der Waals surface area contributed by atoms with Crippen molar-refractivity contribution in [2.75, 3.05) is 6.61 Å². The number of esters is 1. The lowest BCUT2D eigenvalue weighted by molar-refractivity contribution is -0.137. The monoisotopic (exact) mass is 252 g/mol. The molecule has 0 aromatic rings. The third-order valence-electron chi connectivity index (χ3n) is 0.574. The molecular formula is C5H5IN2O2. The average Bonchev–Trinajstić information content (AvgIpc) is 1.89. The van der Waals surface area contributed by atoms with Gasteiger partial charge in [0.05, 0.1) is 0 Å². The third-order valence-corrected chi connectivity index (χ3v) is 1.08. The Balaban J connectivity index is 3.49. The quantitative estimate of drug-likeness (QED) is 0.245. The topological polar surface area (TPSA) is 62.7 Å². The van der Waals surface area contributed by atoms with Gasteiger partial charge in [-0.3, -0.25) is 0 Å². The van der Waals surface area contributed by atoms with Crippen molar-refractivity contribution in [1.82, 2.24) is 0 Å². The van der Waals surface area contributed by atoms with E-state index in [1.54, 1.807) is 10.2 Å². The Labute approximate surface area is 71.6 Å². The summed E-state index contributed by atoms with van der Waals surface area (Å²) in [5.41, 5.74) is 7.84. The number of carbonyl (C=O) groups is 1. The summed E-state index contributed by atoms with van der Waals surface area (Å²) < 4.78 is 6.21. The molecule has 54 valence electrons. The van der Waals surface area contributed by atoms with Crippen LogP contribution in [0, 0.1) is 0 Å². The molecule has 0 aromatic carbocycles. The normalized spacial score (nSPS) is 8.90. The first-order chi connectivity index (χ1) is 4.81. The third kappa shape index (κ3) is 5.46. The van der Waals surface area contributed by atoms with E-state index in [1.807, 2.05) is 22.6 Å². The minimum Gasteiger partial charge on any atom is -0.453 e. The summed E-state index contributed by atoms with van der Waals surface area (Å²) in [6, 6.07) is 0.